The van der Waals surface area contributed by atoms with Gasteiger partial charge in [0.25, 0.3) is 0 Å². The SMILES string of the molecule is CC(C)P(C)(=O)c1cc(OC(N)=O)ccc1Br. The Bertz CT molecular complexity index is 488. The smallest absolute Gasteiger partial charge is 0.409 e. The van der Waals surface area contributed by atoms with E-state index in [2.05, 4.69) is 15.9 Å². The first-order valence-corrected chi connectivity index (χ1v) is 8.11. The van der Waals surface area contributed by atoms with Crippen molar-refractivity contribution in [3.05, 3.63) is 22.7 Å². The summed E-state index contributed by atoms with van der Waals surface area (Å²) in [5.74, 6) is 0.304. The fourth-order valence-corrected chi connectivity index (χ4v) is 4.03. The van der Waals surface area contributed by atoms with Crippen LogP contribution in [-0.2, 0) is 4.57 Å². The molecule has 0 aliphatic heterocycles. The highest BCUT2D eigenvalue weighted by molar-refractivity contribution is 9.10. The summed E-state index contributed by atoms with van der Waals surface area (Å²) in [5, 5.41) is 0.659. The van der Waals surface area contributed by atoms with Crippen LogP contribution in [0.25, 0.3) is 0 Å². The Morgan fingerprint density at radius 2 is 2.06 bits per heavy atom. The summed E-state index contributed by atoms with van der Waals surface area (Å²) >= 11 is 3.36. The molecule has 0 bridgehead atoms. The molecule has 1 aromatic rings. The van der Waals surface area contributed by atoms with E-state index >= 15 is 0 Å². The number of benzene rings is 1. The Morgan fingerprint density at radius 1 is 1.47 bits per heavy atom. The number of primary amides is 1. The van der Waals surface area contributed by atoms with Crippen molar-refractivity contribution in [2.45, 2.75) is 19.5 Å². The zero-order chi connectivity index (χ0) is 13.2. The summed E-state index contributed by atoms with van der Waals surface area (Å²) in [5.41, 5.74) is 4.96. The van der Waals surface area contributed by atoms with Gasteiger partial charge in [-0.05, 0) is 24.9 Å². The molecule has 1 amide bonds. The van der Waals surface area contributed by atoms with Gasteiger partial charge in [0.05, 0.1) is 0 Å². The van der Waals surface area contributed by atoms with Crippen LogP contribution < -0.4 is 15.8 Å². The Labute approximate surface area is 109 Å². The lowest BCUT2D eigenvalue weighted by atomic mass is 10.3. The van der Waals surface area contributed by atoms with Crippen LogP contribution in [0.2, 0.25) is 0 Å². The zero-order valence-corrected chi connectivity index (χ0v) is 12.4. The van der Waals surface area contributed by atoms with Crippen LogP contribution in [0.4, 0.5) is 4.79 Å². The minimum absolute atomic E-state index is 0.0163. The van der Waals surface area contributed by atoms with Crippen LogP contribution in [0.5, 0.6) is 5.75 Å². The number of carbonyl (C=O) groups is 1. The number of rotatable bonds is 3. The lowest BCUT2D eigenvalue weighted by Gasteiger charge is -2.19. The van der Waals surface area contributed by atoms with E-state index < -0.39 is 13.2 Å². The second kappa shape index (κ2) is 5.23. The van der Waals surface area contributed by atoms with E-state index in [4.69, 9.17) is 10.5 Å². The van der Waals surface area contributed by atoms with Crippen molar-refractivity contribution in [1.29, 1.82) is 0 Å². The average molecular weight is 320 g/mol. The molecule has 1 atom stereocenters. The molecule has 0 aliphatic carbocycles. The number of ether oxygens (including phenoxy) is 1. The first-order chi connectivity index (χ1) is 7.75. The maximum absolute atomic E-state index is 12.6. The quantitative estimate of drug-likeness (QED) is 0.871. The van der Waals surface area contributed by atoms with E-state index in [1.165, 1.54) is 0 Å². The third-order valence-electron chi connectivity index (χ3n) is 2.60. The van der Waals surface area contributed by atoms with Crippen molar-refractivity contribution in [3.63, 3.8) is 0 Å². The summed E-state index contributed by atoms with van der Waals surface area (Å²) in [6.45, 7) is 5.51. The van der Waals surface area contributed by atoms with Crippen LogP contribution in [0, 0.1) is 0 Å². The highest BCUT2D eigenvalue weighted by Crippen LogP contribution is 2.47. The fourth-order valence-electron chi connectivity index (χ4n) is 1.29. The maximum atomic E-state index is 12.6. The molecule has 0 saturated heterocycles. The van der Waals surface area contributed by atoms with Crippen molar-refractivity contribution < 1.29 is 14.1 Å². The molecule has 2 N–H and O–H groups in total. The summed E-state index contributed by atoms with van der Waals surface area (Å²) in [4.78, 5) is 10.7. The van der Waals surface area contributed by atoms with Crippen LogP contribution >= 0.6 is 23.1 Å². The van der Waals surface area contributed by atoms with E-state index in [1.54, 1.807) is 24.9 Å². The first-order valence-electron chi connectivity index (χ1n) is 5.09. The molecule has 17 heavy (non-hydrogen) atoms. The molecular weight excluding hydrogens is 305 g/mol. The van der Waals surface area contributed by atoms with Crippen LogP contribution in [0.1, 0.15) is 13.8 Å². The summed E-state index contributed by atoms with van der Waals surface area (Å²) < 4.78 is 18.1. The molecule has 0 spiro atoms. The summed E-state index contributed by atoms with van der Waals surface area (Å²) in [7, 11) is -2.50. The highest BCUT2D eigenvalue weighted by Gasteiger charge is 2.25. The standard InChI is InChI=1S/C11H15BrNO3P/c1-7(2)17(3,15)10-6-8(16-11(13)14)4-5-9(10)12/h4-7H,1-3H3,(H2,13,14). The monoisotopic (exact) mass is 319 g/mol. The third kappa shape index (κ3) is 3.33. The second-order valence-corrected chi connectivity index (χ2v) is 8.47. The van der Waals surface area contributed by atoms with Crippen molar-refractivity contribution in [1.82, 2.24) is 0 Å². The highest BCUT2D eigenvalue weighted by atomic mass is 79.9. The molecule has 0 radical (unpaired) electrons. The van der Waals surface area contributed by atoms with Gasteiger partial charge in [0.1, 0.15) is 12.9 Å². The van der Waals surface area contributed by atoms with Gasteiger partial charge in [-0.25, -0.2) is 4.79 Å². The van der Waals surface area contributed by atoms with E-state index in [0.717, 1.165) is 4.47 Å². The molecule has 0 fully saturated rings. The molecule has 0 heterocycles. The molecule has 0 aromatic heterocycles. The zero-order valence-electron chi connectivity index (χ0n) is 9.94. The van der Waals surface area contributed by atoms with Crippen LogP contribution in [0.3, 0.4) is 0 Å². The fraction of sp³-hybridized carbons (Fsp3) is 0.364. The Hall–Kier alpha value is -0.800. The number of hydrogen-bond acceptors (Lipinski definition) is 3. The Balaban J connectivity index is 3.24. The molecule has 1 aromatic carbocycles. The van der Waals surface area contributed by atoms with Gasteiger partial charge in [-0.3, -0.25) is 0 Å². The number of hydrogen-bond donors (Lipinski definition) is 1. The van der Waals surface area contributed by atoms with E-state index in [0.29, 0.717) is 11.1 Å². The van der Waals surface area contributed by atoms with E-state index in [-0.39, 0.29) is 5.66 Å². The maximum Gasteiger partial charge on any atom is 0.409 e. The van der Waals surface area contributed by atoms with Crippen molar-refractivity contribution in [3.8, 4) is 5.75 Å². The molecule has 0 saturated carbocycles. The van der Waals surface area contributed by atoms with Gasteiger partial charge < -0.3 is 15.0 Å². The topological polar surface area (TPSA) is 69.4 Å². The first kappa shape index (κ1) is 14.3. The predicted octanol–water partition coefficient (Wildman–Crippen LogP) is 2.93. The van der Waals surface area contributed by atoms with Gasteiger partial charge in [-0.1, -0.05) is 29.8 Å². The Kier molecular flexibility index (Phi) is 4.39. The van der Waals surface area contributed by atoms with Crippen molar-refractivity contribution in [2.75, 3.05) is 6.66 Å². The van der Waals surface area contributed by atoms with Gasteiger partial charge in [0, 0.05) is 15.4 Å². The largest absolute Gasteiger partial charge is 0.410 e. The lowest BCUT2D eigenvalue weighted by molar-refractivity contribution is 0.211. The third-order valence-corrected chi connectivity index (χ3v) is 6.90. The van der Waals surface area contributed by atoms with Gasteiger partial charge in [-0.15, -0.1) is 0 Å². The molecule has 6 heteroatoms. The summed E-state index contributed by atoms with van der Waals surface area (Å²) in [6, 6.07) is 4.89. The Morgan fingerprint density at radius 3 is 2.53 bits per heavy atom. The summed E-state index contributed by atoms with van der Waals surface area (Å²) in [6.07, 6.45) is -0.881. The van der Waals surface area contributed by atoms with Crippen molar-refractivity contribution in [2.24, 2.45) is 5.73 Å². The second-order valence-electron chi connectivity index (χ2n) is 4.12. The molecule has 4 nitrogen and oxygen atoms in total. The number of halogens is 1. The molecule has 94 valence electrons. The average Bonchev–Trinajstić information content (AvgIpc) is 2.19. The molecule has 0 aliphatic rings. The van der Waals surface area contributed by atoms with Gasteiger partial charge in [0.15, 0.2) is 0 Å². The van der Waals surface area contributed by atoms with Crippen molar-refractivity contribution >= 4 is 34.5 Å². The molecular formula is C11H15BrNO3P. The van der Waals surface area contributed by atoms with E-state index in [1.807, 2.05) is 13.8 Å². The van der Waals surface area contributed by atoms with Crippen LogP contribution in [0.15, 0.2) is 22.7 Å². The number of carbonyl (C=O) groups excluding carboxylic acids is 1. The number of nitrogens with two attached hydrogens (primary N) is 1. The van der Waals surface area contributed by atoms with Gasteiger partial charge >= 0.3 is 6.09 Å². The minimum Gasteiger partial charge on any atom is -0.410 e. The molecule has 1 unspecified atom stereocenters. The normalized spacial score (nSPS) is 14.4. The molecule has 1 rings (SSSR count). The lowest BCUT2D eigenvalue weighted by Crippen LogP contribution is -2.18. The predicted molar refractivity (Wildman–Crippen MR) is 72.7 cm³/mol. The number of amides is 1. The van der Waals surface area contributed by atoms with Gasteiger partial charge in [0.2, 0.25) is 0 Å². The van der Waals surface area contributed by atoms with E-state index in [9.17, 15) is 9.36 Å². The van der Waals surface area contributed by atoms with Crippen LogP contribution in [-0.4, -0.2) is 18.4 Å². The van der Waals surface area contributed by atoms with Gasteiger partial charge in [-0.2, -0.15) is 0 Å². The minimum atomic E-state index is -2.50.